The molecule has 0 unspecified atom stereocenters. The predicted molar refractivity (Wildman–Crippen MR) is 98.1 cm³/mol. The van der Waals surface area contributed by atoms with Crippen LogP contribution in [-0.4, -0.2) is 54.4 Å². The van der Waals surface area contributed by atoms with E-state index in [-0.39, 0.29) is 11.8 Å². The van der Waals surface area contributed by atoms with Crippen LogP contribution in [0.4, 0.5) is 0 Å². The smallest absolute Gasteiger partial charge is 0.230 e. The SMILES string of the molecule is Cc1[nH]c2c(C)ccc3c2c1C[C@@H]1C3=C[C@@H](C(=O)N(C)C)CN1C. The van der Waals surface area contributed by atoms with Gasteiger partial charge in [-0.25, -0.2) is 0 Å². The lowest BCUT2D eigenvalue weighted by Crippen LogP contribution is -2.46. The molecule has 4 heteroatoms. The van der Waals surface area contributed by atoms with Crippen molar-refractivity contribution in [3.8, 4) is 0 Å². The van der Waals surface area contributed by atoms with Gasteiger partial charge in [0.15, 0.2) is 0 Å². The Morgan fingerprint density at radius 2 is 2.04 bits per heavy atom. The van der Waals surface area contributed by atoms with E-state index in [0.717, 1.165) is 13.0 Å². The molecule has 4 rings (SSSR count). The maximum absolute atomic E-state index is 12.5. The van der Waals surface area contributed by atoms with Gasteiger partial charge in [-0.3, -0.25) is 9.69 Å². The first kappa shape index (κ1) is 15.5. The van der Waals surface area contributed by atoms with Gasteiger partial charge in [0.2, 0.25) is 5.91 Å². The van der Waals surface area contributed by atoms with Crippen molar-refractivity contribution in [2.24, 2.45) is 5.92 Å². The lowest BCUT2D eigenvalue weighted by Gasteiger charge is -2.40. The summed E-state index contributed by atoms with van der Waals surface area (Å²) in [5.74, 6) is 0.126. The number of carbonyl (C=O) groups is 1. The quantitative estimate of drug-likeness (QED) is 0.876. The van der Waals surface area contributed by atoms with Crippen LogP contribution in [0.25, 0.3) is 16.5 Å². The average molecular weight is 323 g/mol. The maximum atomic E-state index is 12.5. The Labute approximate surface area is 143 Å². The second kappa shape index (κ2) is 5.21. The molecule has 1 N–H and O–H groups in total. The molecule has 24 heavy (non-hydrogen) atoms. The molecule has 2 aromatic rings. The van der Waals surface area contributed by atoms with E-state index in [1.807, 2.05) is 14.1 Å². The largest absolute Gasteiger partial charge is 0.358 e. The Morgan fingerprint density at radius 1 is 1.29 bits per heavy atom. The number of likely N-dealkylation sites (N-methyl/N-ethyl adjacent to an activating group) is 1. The second-order valence-electron chi connectivity index (χ2n) is 7.53. The third kappa shape index (κ3) is 2.06. The van der Waals surface area contributed by atoms with Crippen LogP contribution in [0.5, 0.6) is 0 Å². The van der Waals surface area contributed by atoms with E-state index in [9.17, 15) is 4.79 Å². The Balaban J connectivity index is 1.93. The molecule has 0 radical (unpaired) electrons. The van der Waals surface area contributed by atoms with Crippen molar-refractivity contribution < 1.29 is 4.79 Å². The summed E-state index contributed by atoms with van der Waals surface area (Å²) < 4.78 is 0. The molecule has 1 aromatic carbocycles. The number of amides is 1. The van der Waals surface area contributed by atoms with Crippen molar-refractivity contribution in [1.29, 1.82) is 0 Å². The fourth-order valence-corrected chi connectivity index (χ4v) is 4.39. The number of benzene rings is 1. The summed E-state index contributed by atoms with van der Waals surface area (Å²) in [6.07, 6.45) is 3.25. The van der Waals surface area contributed by atoms with Gasteiger partial charge in [0.05, 0.1) is 5.92 Å². The van der Waals surface area contributed by atoms with E-state index in [2.05, 4.69) is 49.0 Å². The van der Waals surface area contributed by atoms with Crippen molar-refractivity contribution >= 4 is 22.4 Å². The molecule has 2 aliphatic rings. The highest BCUT2D eigenvalue weighted by Gasteiger charge is 2.36. The lowest BCUT2D eigenvalue weighted by molar-refractivity contribution is -0.132. The number of aromatic amines is 1. The Morgan fingerprint density at radius 3 is 2.75 bits per heavy atom. The zero-order valence-corrected chi connectivity index (χ0v) is 15.1. The summed E-state index contributed by atoms with van der Waals surface area (Å²) in [7, 11) is 5.82. The van der Waals surface area contributed by atoms with Crippen LogP contribution in [0.1, 0.15) is 22.4 Å². The number of H-pyrrole nitrogens is 1. The molecule has 0 bridgehead atoms. The highest BCUT2D eigenvalue weighted by Crippen LogP contribution is 2.42. The van der Waals surface area contributed by atoms with E-state index in [1.54, 1.807) is 4.90 Å². The lowest BCUT2D eigenvalue weighted by atomic mass is 9.78. The van der Waals surface area contributed by atoms with Gasteiger partial charge in [-0.1, -0.05) is 18.2 Å². The molecule has 4 nitrogen and oxygen atoms in total. The summed E-state index contributed by atoms with van der Waals surface area (Å²) in [6.45, 7) is 5.12. The number of nitrogens with zero attached hydrogens (tertiary/aromatic N) is 2. The molecule has 1 aliphatic carbocycles. The van der Waals surface area contributed by atoms with Gasteiger partial charge in [-0.15, -0.1) is 0 Å². The normalized spacial score (nSPS) is 23.1. The van der Waals surface area contributed by atoms with Crippen LogP contribution in [0.2, 0.25) is 0 Å². The van der Waals surface area contributed by atoms with Crippen LogP contribution < -0.4 is 0 Å². The molecule has 0 fully saturated rings. The van der Waals surface area contributed by atoms with Crippen LogP contribution in [0.15, 0.2) is 18.2 Å². The van der Waals surface area contributed by atoms with Gasteiger partial charge in [-0.05, 0) is 49.6 Å². The molecular weight excluding hydrogens is 298 g/mol. The number of carbonyl (C=O) groups excluding carboxylic acids is 1. The van der Waals surface area contributed by atoms with Gasteiger partial charge in [0.25, 0.3) is 0 Å². The summed E-state index contributed by atoms with van der Waals surface area (Å²) in [5.41, 5.74) is 7.87. The summed E-state index contributed by atoms with van der Waals surface area (Å²) in [6, 6.07) is 4.80. The van der Waals surface area contributed by atoms with Crippen molar-refractivity contribution in [1.82, 2.24) is 14.8 Å². The first-order valence-corrected chi connectivity index (χ1v) is 8.62. The molecular formula is C20H25N3O. The van der Waals surface area contributed by atoms with Crippen molar-refractivity contribution in [2.45, 2.75) is 26.3 Å². The standard InChI is InChI=1S/C20H25N3O/c1-11-6-7-14-16-8-13(20(24)22(3)4)10-23(5)17(16)9-15-12(2)21-19(11)18(14)15/h6-8,13,17,21H,9-10H2,1-5H3/t13-,17-/m1/s1. The summed E-state index contributed by atoms with van der Waals surface area (Å²) >= 11 is 0. The molecule has 0 spiro atoms. The van der Waals surface area contributed by atoms with Crippen molar-refractivity contribution in [3.63, 3.8) is 0 Å². The van der Waals surface area contributed by atoms with Crippen LogP contribution in [0.3, 0.4) is 0 Å². The monoisotopic (exact) mass is 323 g/mol. The fraction of sp³-hybridized carbons (Fsp3) is 0.450. The molecule has 0 saturated carbocycles. The highest BCUT2D eigenvalue weighted by molar-refractivity contribution is 6.01. The minimum absolute atomic E-state index is 0.0609. The minimum atomic E-state index is -0.0609. The average Bonchev–Trinajstić information content (AvgIpc) is 2.88. The predicted octanol–water partition coefficient (Wildman–Crippen LogP) is 2.74. The number of fused-ring (bicyclic) bond motifs is 2. The van der Waals surface area contributed by atoms with Crippen LogP contribution in [0, 0.1) is 19.8 Å². The van der Waals surface area contributed by atoms with Crippen molar-refractivity contribution in [2.75, 3.05) is 27.7 Å². The Bertz CT molecular complexity index is 875. The number of hydrogen-bond donors (Lipinski definition) is 1. The van der Waals surface area contributed by atoms with E-state index in [0.29, 0.717) is 6.04 Å². The topological polar surface area (TPSA) is 39.3 Å². The summed E-state index contributed by atoms with van der Waals surface area (Å²) in [5, 5.41) is 1.36. The van der Waals surface area contributed by atoms with Gasteiger partial charge in [0, 0.05) is 43.3 Å². The van der Waals surface area contributed by atoms with E-state index in [1.165, 1.54) is 38.9 Å². The molecule has 1 aliphatic heterocycles. The molecule has 1 aromatic heterocycles. The molecule has 126 valence electrons. The van der Waals surface area contributed by atoms with E-state index >= 15 is 0 Å². The molecule has 2 atom stereocenters. The highest BCUT2D eigenvalue weighted by atomic mass is 16.2. The van der Waals surface area contributed by atoms with E-state index in [4.69, 9.17) is 0 Å². The zero-order valence-electron chi connectivity index (χ0n) is 15.1. The van der Waals surface area contributed by atoms with Gasteiger partial charge in [0.1, 0.15) is 0 Å². The van der Waals surface area contributed by atoms with Crippen LogP contribution >= 0.6 is 0 Å². The van der Waals surface area contributed by atoms with Crippen molar-refractivity contribution in [3.05, 3.63) is 40.6 Å². The number of hydrogen-bond acceptors (Lipinski definition) is 2. The Hall–Kier alpha value is -2.07. The Kier molecular flexibility index (Phi) is 3.36. The fourth-order valence-electron chi connectivity index (χ4n) is 4.39. The van der Waals surface area contributed by atoms with Gasteiger partial charge in [-0.2, -0.15) is 0 Å². The second-order valence-corrected chi connectivity index (χ2v) is 7.53. The number of nitrogens with one attached hydrogen (secondary N) is 1. The first-order chi connectivity index (χ1) is 11.4. The molecule has 0 saturated heterocycles. The maximum Gasteiger partial charge on any atom is 0.230 e. The zero-order chi connectivity index (χ0) is 17.2. The third-order valence-electron chi connectivity index (χ3n) is 5.70. The third-order valence-corrected chi connectivity index (χ3v) is 5.70. The van der Waals surface area contributed by atoms with E-state index < -0.39 is 0 Å². The minimum Gasteiger partial charge on any atom is -0.358 e. The summed E-state index contributed by atoms with van der Waals surface area (Å²) in [4.78, 5) is 20.1. The van der Waals surface area contributed by atoms with Crippen LogP contribution in [-0.2, 0) is 11.2 Å². The number of aromatic nitrogens is 1. The number of rotatable bonds is 1. The molecule has 1 amide bonds. The van der Waals surface area contributed by atoms with Gasteiger partial charge >= 0.3 is 0 Å². The molecule has 2 heterocycles. The first-order valence-electron chi connectivity index (χ1n) is 8.62. The van der Waals surface area contributed by atoms with Gasteiger partial charge < -0.3 is 9.88 Å². The number of aryl methyl sites for hydroxylation is 2.